The van der Waals surface area contributed by atoms with Gasteiger partial charge in [-0.3, -0.25) is 0 Å². The van der Waals surface area contributed by atoms with Gasteiger partial charge in [-0.15, -0.1) is 0 Å². The van der Waals surface area contributed by atoms with E-state index < -0.39 is 0 Å². The largest absolute Gasteiger partial charge is 0.326 e. The molecule has 0 bridgehead atoms. The fourth-order valence-electron chi connectivity index (χ4n) is 1.95. The fraction of sp³-hybridized carbons (Fsp3) is 1.00. The van der Waals surface area contributed by atoms with Crippen LogP contribution in [0.2, 0.25) is 0 Å². The number of hydrogen-bond donors (Lipinski definition) is 1. The molecule has 0 amide bonds. The lowest BCUT2D eigenvalue weighted by Crippen LogP contribution is -2.45. The van der Waals surface area contributed by atoms with E-state index in [1.807, 2.05) is 0 Å². The Morgan fingerprint density at radius 3 is 2.40 bits per heavy atom. The van der Waals surface area contributed by atoms with Gasteiger partial charge in [0.05, 0.1) is 0 Å². The van der Waals surface area contributed by atoms with Crippen LogP contribution in [0.15, 0.2) is 0 Å². The van der Waals surface area contributed by atoms with Gasteiger partial charge in [0, 0.05) is 25.2 Å². The molecule has 1 heterocycles. The van der Waals surface area contributed by atoms with Gasteiger partial charge >= 0.3 is 0 Å². The molecule has 0 aromatic carbocycles. The van der Waals surface area contributed by atoms with Gasteiger partial charge in [-0.25, -0.2) is 0 Å². The molecule has 3 nitrogen and oxygen atoms in total. The zero-order valence-electron chi connectivity index (χ0n) is 11.0. The second-order valence-corrected chi connectivity index (χ2v) is 6.14. The quantitative estimate of drug-likeness (QED) is 0.759. The first kappa shape index (κ1) is 12.9. The van der Waals surface area contributed by atoms with Crippen LogP contribution in [-0.4, -0.2) is 55.6 Å². The number of rotatable bonds is 3. The van der Waals surface area contributed by atoms with Crippen LogP contribution in [0.5, 0.6) is 0 Å². The van der Waals surface area contributed by atoms with Crippen molar-refractivity contribution in [1.82, 2.24) is 9.80 Å². The minimum Gasteiger partial charge on any atom is -0.326 e. The molecule has 0 aromatic rings. The summed E-state index contributed by atoms with van der Waals surface area (Å²) >= 11 is 0. The van der Waals surface area contributed by atoms with Crippen LogP contribution in [0.1, 0.15) is 27.2 Å². The van der Waals surface area contributed by atoms with E-state index in [0.717, 1.165) is 12.6 Å². The number of hydrogen-bond acceptors (Lipinski definition) is 3. The highest BCUT2D eigenvalue weighted by Gasteiger charge is 2.28. The van der Waals surface area contributed by atoms with Crippen molar-refractivity contribution in [3.8, 4) is 0 Å². The average molecular weight is 213 g/mol. The normalized spacial score (nSPS) is 26.2. The summed E-state index contributed by atoms with van der Waals surface area (Å²) in [6.07, 6.45) is 1.28. The monoisotopic (exact) mass is 213 g/mol. The Bertz CT molecular complexity index is 196. The van der Waals surface area contributed by atoms with Gasteiger partial charge in [-0.2, -0.15) is 0 Å². The molecule has 2 atom stereocenters. The van der Waals surface area contributed by atoms with Crippen molar-refractivity contribution in [2.75, 3.05) is 33.7 Å². The molecule has 2 N–H and O–H groups in total. The van der Waals surface area contributed by atoms with Gasteiger partial charge in [0.1, 0.15) is 0 Å². The van der Waals surface area contributed by atoms with E-state index in [1.165, 1.54) is 19.5 Å². The Morgan fingerprint density at radius 1 is 1.40 bits per heavy atom. The summed E-state index contributed by atoms with van der Waals surface area (Å²) in [4.78, 5) is 4.82. The molecule has 2 unspecified atom stereocenters. The third kappa shape index (κ3) is 3.74. The fourth-order valence-corrected chi connectivity index (χ4v) is 1.95. The van der Waals surface area contributed by atoms with Gasteiger partial charge in [-0.05, 0) is 32.5 Å². The van der Waals surface area contributed by atoms with Gasteiger partial charge in [0.25, 0.3) is 0 Å². The number of nitrogens with two attached hydrogens (primary N) is 1. The Morgan fingerprint density at radius 2 is 2.00 bits per heavy atom. The van der Waals surface area contributed by atoms with Crippen molar-refractivity contribution >= 4 is 0 Å². The van der Waals surface area contributed by atoms with Crippen LogP contribution in [0.4, 0.5) is 0 Å². The molecule has 1 saturated heterocycles. The van der Waals surface area contributed by atoms with Crippen LogP contribution in [0.3, 0.4) is 0 Å². The van der Waals surface area contributed by atoms with E-state index in [4.69, 9.17) is 5.73 Å². The van der Waals surface area contributed by atoms with Crippen molar-refractivity contribution in [2.24, 2.45) is 11.1 Å². The molecule has 0 radical (unpaired) electrons. The molecule has 1 aliphatic heterocycles. The second kappa shape index (κ2) is 4.81. The summed E-state index contributed by atoms with van der Waals surface area (Å²) in [5.74, 6) is 0. The van der Waals surface area contributed by atoms with Gasteiger partial charge < -0.3 is 15.5 Å². The van der Waals surface area contributed by atoms with Gasteiger partial charge in [0.15, 0.2) is 0 Å². The molecule has 15 heavy (non-hydrogen) atoms. The van der Waals surface area contributed by atoms with Gasteiger partial charge in [0.2, 0.25) is 0 Å². The molecule has 0 aliphatic carbocycles. The van der Waals surface area contributed by atoms with Crippen LogP contribution >= 0.6 is 0 Å². The highest BCUT2D eigenvalue weighted by Crippen LogP contribution is 2.20. The van der Waals surface area contributed by atoms with E-state index in [2.05, 4.69) is 44.7 Å². The molecular formula is C12H27N3. The van der Waals surface area contributed by atoms with E-state index >= 15 is 0 Å². The second-order valence-electron chi connectivity index (χ2n) is 6.14. The Hall–Kier alpha value is -0.120. The first-order valence-electron chi connectivity index (χ1n) is 5.95. The summed E-state index contributed by atoms with van der Waals surface area (Å²) in [6, 6.07) is 0.996. The standard InChI is InChI=1S/C12H27N3/c1-12(2,3)11(13)9-15-7-6-10(8-15)14(4)5/h10-11H,6-9,13H2,1-5H3. The predicted octanol–water partition coefficient (Wildman–Crippen LogP) is 0.996. The summed E-state index contributed by atoms with van der Waals surface area (Å²) in [5.41, 5.74) is 6.42. The first-order valence-corrected chi connectivity index (χ1v) is 5.95. The molecule has 3 heteroatoms. The molecule has 1 fully saturated rings. The molecule has 1 rings (SSSR count). The lowest BCUT2D eigenvalue weighted by atomic mass is 9.87. The van der Waals surface area contributed by atoms with Crippen molar-refractivity contribution in [2.45, 2.75) is 39.3 Å². The van der Waals surface area contributed by atoms with E-state index in [0.29, 0.717) is 0 Å². The first-order chi connectivity index (χ1) is 6.80. The van der Waals surface area contributed by atoms with Crippen molar-refractivity contribution in [3.05, 3.63) is 0 Å². The highest BCUT2D eigenvalue weighted by molar-refractivity contribution is 4.86. The SMILES string of the molecule is CN(C)C1CCN(CC(N)C(C)(C)C)C1. The average Bonchev–Trinajstić information content (AvgIpc) is 2.50. The highest BCUT2D eigenvalue weighted by atomic mass is 15.2. The summed E-state index contributed by atoms with van der Waals surface area (Å²) in [7, 11) is 4.33. The minimum absolute atomic E-state index is 0.218. The molecule has 0 aromatic heterocycles. The molecule has 90 valence electrons. The molecule has 0 spiro atoms. The maximum Gasteiger partial charge on any atom is 0.0229 e. The zero-order chi connectivity index (χ0) is 11.6. The number of likely N-dealkylation sites (N-methyl/N-ethyl adjacent to an activating group) is 1. The third-order valence-electron chi connectivity index (χ3n) is 3.55. The molecular weight excluding hydrogens is 186 g/mol. The van der Waals surface area contributed by atoms with Crippen LogP contribution < -0.4 is 5.73 Å². The van der Waals surface area contributed by atoms with E-state index in [9.17, 15) is 0 Å². The lowest BCUT2D eigenvalue weighted by Gasteiger charge is -2.31. The number of likely N-dealkylation sites (tertiary alicyclic amines) is 1. The van der Waals surface area contributed by atoms with Gasteiger partial charge in [-0.1, -0.05) is 20.8 Å². The predicted molar refractivity (Wildman–Crippen MR) is 66.0 cm³/mol. The summed E-state index contributed by atoms with van der Waals surface area (Å²) in [6.45, 7) is 10.1. The third-order valence-corrected chi connectivity index (χ3v) is 3.55. The number of nitrogens with zero attached hydrogens (tertiary/aromatic N) is 2. The van der Waals surface area contributed by atoms with Crippen LogP contribution in [0, 0.1) is 5.41 Å². The summed E-state index contributed by atoms with van der Waals surface area (Å²) in [5, 5.41) is 0. The lowest BCUT2D eigenvalue weighted by molar-refractivity contribution is 0.212. The maximum atomic E-state index is 6.20. The minimum atomic E-state index is 0.218. The molecule has 0 saturated carbocycles. The van der Waals surface area contributed by atoms with Crippen molar-refractivity contribution < 1.29 is 0 Å². The van der Waals surface area contributed by atoms with E-state index in [1.54, 1.807) is 0 Å². The Kier molecular flexibility index (Phi) is 4.15. The Labute approximate surface area is 94.6 Å². The maximum absolute atomic E-state index is 6.20. The van der Waals surface area contributed by atoms with Crippen molar-refractivity contribution in [3.63, 3.8) is 0 Å². The topological polar surface area (TPSA) is 32.5 Å². The van der Waals surface area contributed by atoms with Crippen LogP contribution in [-0.2, 0) is 0 Å². The molecule has 1 aliphatic rings. The zero-order valence-corrected chi connectivity index (χ0v) is 11.0. The van der Waals surface area contributed by atoms with E-state index in [-0.39, 0.29) is 11.5 Å². The Balaban J connectivity index is 2.36. The smallest absolute Gasteiger partial charge is 0.0229 e. The van der Waals surface area contributed by atoms with Crippen LogP contribution in [0.25, 0.3) is 0 Å². The summed E-state index contributed by atoms with van der Waals surface area (Å²) < 4.78 is 0. The van der Waals surface area contributed by atoms with Crippen molar-refractivity contribution in [1.29, 1.82) is 0 Å².